The van der Waals surface area contributed by atoms with Crippen LogP contribution in [0.5, 0.6) is 5.75 Å². The average Bonchev–Trinajstić information content (AvgIpc) is 2.87. The first-order valence-electron chi connectivity index (χ1n) is 6.29. The Bertz CT molecular complexity index is 561. The first-order valence-corrected chi connectivity index (χ1v) is 6.29. The molecular weight excluding hydrogens is 222 g/mol. The number of hydrogen-bond acceptors (Lipinski definition) is 2. The number of benzene rings is 2. The van der Waals surface area contributed by atoms with Crippen molar-refractivity contribution in [2.75, 3.05) is 6.61 Å². The molecule has 0 amide bonds. The van der Waals surface area contributed by atoms with Crippen LogP contribution in [0.3, 0.4) is 0 Å². The summed E-state index contributed by atoms with van der Waals surface area (Å²) in [5.74, 6) is 0.978. The largest absolute Gasteiger partial charge is 0.493 e. The molecule has 1 heterocycles. The summed E-state index contributed by atoms with van der Waals surface area (Å²) in [7, 11) is 0. The fourth-order valence-electron chi connectivity index (χ4n) is 2.56. The Morgan fingerprint density at radius 3 is 2.61 bits per heavy atom. The SMILES string of the molecule is CC(N)(c1ccccc1)c1cccc2c1OCC2. The highest BCUT2D eigenvalue weighted by Gasteiger charge is 2.29. The number of fused-ring (bicyclic) bond motifs is 1. The van der Waals surface area contributed by atoms with Crippen LogP contribution in [0, 0.1) is 0 Å². The molecule has 0 spiro atoms. The van der Waals surface area contributed by atoms with Crippen molar-refractivity contribution in [1.82, 2.24) is 0 Å². The van der Waals surface area contributed by atoms with Crippen molar-refractivity contribution in [3.63, 3.8) is 0 Å². The summed E-state index contributed by atoms with van der Waals surface area (Å²) >= 11 is 0. The molecule has 0 radical (unpaired) electrons. The van der Waals surface area contributed by atoms with Crippen molar-refractivity contribution in [3.05, 3.63) is 65.2 Å². The normalized spacial score (nSPS) is 16.8. The van der Waals surface area contributed by atoms with Crippen molar-refractivity contribution >= 4 is 0 Å². The van der Waals surface area contributed by atoms with Gasteiger partial charge in [0.2, 0.25) is 0 Å². The van der Waals surface area contributed by atoms with Crippen LogP contribution in [0.15, 0.2) is 48.5 Å². The van der Waals surface area contributed by atoms with Crippen LogP contribution in [0.25, 0.3) is 0 Å². The second-order valence-electron chi connectivity index (χ2n) is 4.96. The Morgan fingerprint density at radius 1 is 1.06 bits per heavy atom. The molecule has 0 saturated carbocycles. The van der Waals surface area contributed by atoms with Crippen LogP contribution in [-0.2, 0) is 12.0 Å². The predicted molar refractivity (Wildman–Crippen MR) is 72.7 cm³/mol. The third-order valence-electron chi connectivity index (χ3n) is 3.65. The van der Waals surface area contributed by atoms with Crippen LogP contribution >= 0.6 is 0 Å². The molecule has 2 nitrogen and oxygen atoms in total. The van der Waals surface area contributed by atoms with Crippen LogP contribution < -0.4 is 10.5 Å². The van der Waals surface area contributed by atoms with E-state index in [0.717, 1.165) is 29.9 Å². The van der Waals surface area contributed by atoms with Gasteiger partial charge in [0.15, 0.2) is 0 Å². The van der Waals surface area contributed by atoms with E-state index >= 15 is 0 Å². The van der Waals surface area contributed by atoms with Gasteiger partial charge in [-0.3, -0.25) is 0 Å². The van der Waals surface area contributed by atoms with Gasteiger partial charge in [0.1, 0.15) is 5.75 Å². The Hall–Kier alpha value is -1.80. The number of para-hydroxylation sites is 1. The van der Waals surface area contributed by atoms with Gasteiger partial charge in [0.25, 0.3) is 0 Å². The molecule has 0 saturated heterocycles. The highest BCUT2D eigenvalue weighted by Crippen LogP contribution is 2.38. The van der Waals surface area contributed by atoms with E-state index in [1.54, 1.807) is 0 Å². The van der Waals surface area contributed by atoms with Crippen LogP contribution in [0.4, 0.5) is 0 Å². The second kappa shape index (κ2) is 4.14. The van der Waals surface area contributed by atoms with Gasteiger partial charge >= 0.3 is 0 Å². The molecule has 0 bridgehead atoms. The first kappa shape index (κ1) is 11.3. The molecule has 3 rings (SSSR count). The lowest BCUT2D eigenvalue weighted by Crippen LogP contribution is -2.34. The van der Waals surface area contributed by atoms with Gasteiger partial charge < -0.3 is 10.5 Å². The third kappa shape index (κ3) is 1.70. The Morgan fingerprint density at radius 2 is 1.83 bits per heavy atom. The van der Waals surface area contributed by atoms with Crippen molar-refractivity contribution < 1.29 is 4.74 Å². The predicted octanol–water partition coefficient (Wildman–Crippen LogP) is 2.84. The zero-order valence-corrected chi connectivity index (χ0v) is 10.5. The third-order valence-corrected chi connectivity index (χ3v) is 3.65. The number of rotatable bonds is 2. The van der Waals surface area contributed by atoms with Gasteiger partial charge in [-0.25, -0.2) is 0 Å². The van der Waals surface area contributed by atoms with E-state index in [4.69, 9.17) is 10.5 Å². The molecule has 1 unspecified atom stereocenters. The number of hydrogen-bond donors (Lipinski definition) is 1. The van der Waals surface area contributed by atoms with E-state index in [9.17, 15) is 0 Å². The molecule has 2 aromatic carbocycles. The van der Waals surface area contributed by atoms with Crippen molar-refractivity contribution in [3.8, 4) is 5.75 Å². The van der Waals surface area contributed by atoms with Crippen molar-refractivity contribution in [2.24, 2.45) is 5.73 Å². The standard InChI is InChI=1S/C16H17NO/c1-16(17,13-7-3-2-4-8-13)14-9-5-6-12-10-11-18-15(12)14/h2-9H,10-11,17H2,1H3. The average molecular weight is 239 g/mol. The molecule has 0 aromatic heterocycles. The summed E-state index contributed by atoms with van der Waals surface area (Å²) < 4.78 is 5.76. The van der Waals surface area contributed by atoms with Gasteiger partial charge in [-0.2, -0.15) is 0 Å². The Labute approximate surface area is 107 Å². The lowest BCUT2D eigenvalue weighted by molar-refractivity contribution is 0.347. The summed E-state index contributed by atoms with van der Waals surface area (Å²) in [5.41, 5.74) is 9.48. The maximum absolute atomic E-state index is 6.55. The minimum Gasteiger partial charge on any atom is -0.493 e. The fraction of sp³-hybridized carbons (Fsp3) is 0.250. The van der Waals surface area contributed by atoms with E-state index in [1.165, 1.54) is 5.56 Å². The van der Waals surface area contributed by atoms with Gasteiger partial charge in [-0.1, -0.05) is 48.5 Å². The summed E-state index contributed by atoms with van der Waals surface area (Å²) in [5, 5.41) is 0. The van der Waals surface area contributed by atoms with Crippen molar-refractivity contribution in [1.29, 1.82) is 0 Å². The summed E-state index contributed by atoms with van der Waals surface area (Å²) in [6.45, 7) is 2.80. The van der Waals surface area contributed by atoms with E-state index < -0.39 is 5.54 Å². The molecule has 1 atom stereocenters. The summed E-state index contributed by atoms with van der Waals surface area (Å²) in [4.78, 5) is 0. The Kier molecular flexibility index (Phi) is 2.60. The molecule has 1 aliphatic rings. The molecule has 2 heteroatoms. The number of nitrogens with two attached hydrogens (primary N) is 1. The van der Waals surface area contributed by atoms with Crippen LogP contribution in [0.2, 0.25) is 0 Å². The monoisotopic (exact) mass is 239 g/mol. The summed E-state index contributed by atoms with van der Waals surface area (Å²) in [6.07, 6.45) is 0.980. The first-order chi connectivity index (χ1) is 8.69. The van der Waals surface area contributed by atoms with E-state index in [1.807, 2.05) is 25.1 Å². The smallest absolute Gasteiger partial charge is 0.128 e. The van der Waals surface area contributed by atoms with E-state index in [2.05, 4.69) is 30.3 Å². The van der Waals surface area contributed by atoms with Crippen molar-refractivity contribution in [2.45, 2.75) is 18.9 Å². The minimum absolute atomic E-state index is 0.517. The molecular formula is C16H17NO. The van der Waals surface area contributed by atoms with Gasteiger partial charge in [-0.05, 0) is 18.1 Å². The quantitative estimate of drug-likeness (QED) is 0.874. The topological polar surface area (TPSA) is 35.2 Å². The van der Waals surface area contributed by atoms with Gasteiger partial charge in [0.05, 0.1) is 12.1 Å². The molecule has 92 valence electrons. The minimum atomic E-state index is -0.517. The van der Waals surface area contributed by atoms with Gasteiger partial charge in [0, 0.05) is 12.0 Å². The highest BCUT2D eigenvalue weighted by atomic mass is 16.5. The maximum Gasteiger partial charge on any atom is 0.128 e. The molecule has 2 N–H and O–H groups in total. The molecule has 2 aromatic rings. The molecule has 1 aliphatic heterocycles. The van der Waals surface area contributed by atoms with E-state index in [-0.39, 0.29) is 0 Å². The molecule has 18 heavy (non-hydrogen) atoms. The van der Waals surface area contributed by atoms with E-state index in [0.29, 0.717) is 0 Å². The highest BCUT2D eigenvalue weighted by molar-refractivity contribution is 5.51. The van der Waals surface area contributed by atoms with Crippen LogP contribution in [-0.4, -0.2) is 6.61 Å². The lowest BCUT2D eigenvalue weighted by atomic mass is 9.84. The maximum atomic E-state index is 6.55. The second-order valence-corrected chi connectivity index (χ2v) is 4.96. The number of ether oxygens (including phenoxy) is 1. The lowest BCUT2D eigenvalue weighted by Gasteiger charge is -2.27. The zero-order valence-electron chi connectivity index (χ0n) is 10.5. The molecule has 0 aliphatic carbocycles. The Balaban J connectivity index is 2.13. The van der Waals surface area contributed by atoms with Gasteiger partial charge in [-0.15, -0.1) is 0 Å². The fourth-order valence-corrected chi connectivity index (χ4v) is 2.56. The van der Waals surface area contributed by atoms with Crippen LogP contribution in [0.1, 0.15) is 23.6 Å². The summed E-state index contributed by atoms with van der Waals surface area (Å²) in [6, 6.07) is 16.4. The molecule has 0 fully saturated rings. The zero-order chi connectivity index (χ0) is 12.6.